The van der Waals surface area contributed by atoms with E-state index in [1.165, 1.54) is 35.7 Å². The van der Waals surface area contributed by atoms with Crippen LogP contribution in [-0.2, 0) is 0 Å². The summed E-state index contributed by atoms with van der Waals surface area (Å²) in [4.78, 5) is 30.9. The van der Waals surface area contributed by atoms with E-state index in [0.29, 0.717) is 17.1 Å². The zero-order valence-corrected chi connectivity index (χ0v) is 12.6. The standard InChI is InChI=1S/C15H12N6O3/c1-10-4-5-11(21(23)24)7-13(10)19-15(22)12-3-2-6-17-14(12)20-9-16-8-18-20/h2-9H,1H3,(H,19,22). The Morgan fingerprint density at radius 2 is 2.17 bits per heavy atom. The van der Waals surface area contributed by atoms with Gasteiger partial charge in [0.1, 0.15) is 12.7 Å². The number of pyridine rings is 1. The Kier molecular flexibility index (Phi) is 3.98. The number of nitrogens with one attached hydrogen (secondary N) is 1. The van der Waals surface area contributed by atoms with E-state index >= 15 is 0 Å². The summed E-state index contributed by atoms with van der Waals surface area (Å²) < 4.78 is 1.37. The lowest BCUT2D eigenvalue weighted by atomic mass is 10.1. The summed E-state index contributed by atoms with van der Waals surface area (Å²) in [7, 11) is 0. The maximum absolute atomic E-state index is 12.6. The maximum Gasteiger partial charge on any atom is 0.271 e. The highest BCUT2D eigenvalue weighted by Gasteiger charge is 2.17. The molecule has 3 aromatic rings. The monoisotopic (exact) mass is 324 g/mol. The van der Waals surface area contributed by atoms with Crippen LogP contribution in [0.3, 0.4) is 0 Å². The second-order valence-corrected chi connectivity index (χ2v) is 4.93. The van der Waals surface area contributed by atoms with E-state index < -0.39 is 10.8 Å². The smallest absolute Gasteiger partial charge is 0.271 e. The van der Waals surface area contributed by atoms with Crippen LogP contribution in [0.15, 0.2) is 49.2 Å². The summed E-state index contributed by atoms with van der Waals surface area (Å²) in [6.45, 7) is 1.75. The molecule has 0 atom stereocenters. The van der Waals surface area contributed by atoms with E-state index in [4.69, 9.17) is 0 Å². The van der Waals surface area contributed by atoms with Crippen LogP contribution in [-0.4, -0.2) is 30.6 Å². The molecule has 120 valence electrons. The van der Waals surface area contributed by atoms with E-state index in [9.17, 15) is 14.9 Å². The number of benzene rings is 1. The first kappa shape index (κ1) is 15.3. The van der Waals surface area contributed by atoms with Crippen LogP contribution in [0.25, 0.3) is 5.82 Å². The third-order valence-electron chi connectivity index (χ3n) is 3.35. The van der Waals surface area contributed by atoms with Crippen molar-refractivity contribution in [1.82, 2.24) is 19.7 Å². The molecular formula is C15H12N6O3. The third kappa shape index (κ3) is 2.95. The van der Waals surface area contributed by atoms with Crippen molar-refractivity contribution in [3.63, 3.8) is 0 Å². The Balaban J connectivity index is 1.95. The number of nitrogens with zero attached hydrogens (tertiary/aromatic N) is 5. The number of carbonyl (C=O) groups excluding carboxylic acids is 1. The molecule has 0 spiro atoms. The van der Waals surface area contributed by atoms with E-state index in [1.807, 2.05) is 0 Å². The first-order chi connectivity index (χ1) is 11.6. The van der Waals surface area contributed by atoms with Gasteiger partial charge in [0, 0.05) is 18.3 Å². The van der Waals surface area contributed by atoms with E-state index in [1.54, 1.807) is 25.1 Å². The topological polar surface area (TPSA) is 116 Å². The predicted octanol–water partition coefficient (Wildman–Crippen LogP) is 2.13. The summed E-state index contributed by atoms with van der Waals surface area (Å²) in [6.07, 6.45) is 4.30. The van der Waals surface area contributed by atoms with Gasteiger partial charge in [0.15, 0.2) is 5.82 Å². The minimum absolute atomic E-state index is 0.0985. The van der Waals surface area contributed by atoms with Gasteiger partial charge in [-0.05, 0) is 24.6 Å². The number of hydrogen-bond acceptors (Lipinski definition) is 6. The summed E-state index contributed by atoms with van der Waals surface area (Å²) in [5, 5.41) is 17.5. The largest absolute Gasteiger partial charge is 0.321 e. The molecule has 1 N–H and O–H groups in total. The van der Waals surface area contributed by atoms with Crippen molar-refractivity contribution in [3.8, 4) is 5.82 Å². The highest BCUT2D eigenvalue weighted by atomic mass is 16.6. The molecule has 0 saturated carbocycles. The lowest BCUT2D eigenvalue weighted by molar-refractivity contribution is -0.384. The molecule has 0 bridgehead atoms. The highest BCUT2D eigenvalue weighted by Crippen LogP contribution is 2.23. The number of nitro groups is 1. The maximum atomic E-state index is 12.6. The molecular weight excluding hydrogens is 312 g/mol. The highest BCUT2D eigenvalue weighted by molar-refractivity contribution is 6.06. The fourth-order valence-corrected chi connectivity index (χ4v) is 2.12. The molecule has 1 amide bonds. The van der Waals surface area contributed by atoms with E-state index in [0.717, 1.165) is 0 Å². The van der Waals surface area contributed by atoms with Gasteiger partial charge < -0.3 is 5.32 Å². The average molecular weight is 324 g/mol. The average Bonchev–Trinajstić information content (AvgIpc) is 3.11. The van der Waals surface area contributed by atoms with Gasteiger partial charge >= 0.3 is 0 Å². The van der Waals surface area contributed by atoms with Gasteiger partial charge in [0.05, 0.1) is 16.2 Å². The molecule has 24 heavy (non-hydrogen) atoms. The van der Waals surface area contributed by atoms with Crippen molar-refractivity contribution >= 4 is 17.3 Å². The van der Waals surface area contributed by atoms with E-state index in [-0.39, 0.29) is 11.3 Å². The van der Waals surface area contributed by atoms with Crippen molar-refractivity contribution in [2.45, 2.75) is 6.92 Å². The Morgan fingerprint density at radius 1 is 1.33 bits per heavy atom. The third-order valence-corrected chi connectivity index (χ3v) is 3.35. The lowest BCUT2D eigenvalue weighted by Crippen LogP contribution is -2.17. The Morgan fingerprint density at radius 3 is 2.88 bits per heavy atom. The van der Waals surface area contributed by atoms with Crippen LogP contribution in [0.1, 0.15) is 15.9 Å². The van der Waals surface area contributed by atoms with Crippen molar-refractivity contribution in [1.29, 1.82) is 0 Å². The van der Waals surface area contributed by atoms with Gasteiger partial charge in [-0.3, -0.25) is 14.9 Å². The minimum atomic E-state index is -0.514. The van der Waals surface area contributed by atoms with Gasteiger partial charge in [0.2, 0.25) is 0 Å². The quantitative estimate of drug-likeness (QED) is 0.580. The first-order valence-electron chi connectivity index (χ1n) is 6.92. The molecule has 0 fully saturated rings. The van der Waals surface area contributed by atoms with Gasteiger partial charge in [-0.2, -0.15) is 5.10 Å². The number of amides is 1. The fourth-order valence-electron chi connectivity index (χ4n) is 2.12. The molecule has 0 aliphatic heterocycles. The van der Waals surface area contributed by atoms with Gasteiger partial charge in [-0.25, -0.2) is 14.6 Å². The molecule has 0 aliphatic carbocycles. The molecule has 2 aromatic heterocycles. The summed E-state index contributed by atoms with van der Waals surface area (Å²) in [5.41, 5.74) is 1.25. The first-order valence-corrected chi connectivity index (χ1v) is 6.92. The number of carbonyl (C=O) groups is 1. The molecule has 0 unspecified atom stereocenters. The lowest BCUT2D eigenvalue weighted by Gasteiger charge is -2.10. The van der Waals surface area contributed by atoms with Crippen molar-refractivity contribution in [3.05, 3.63) is 70.4 Å². The van der Waals surface area contributed by atoms with E-state index in [2.05, 4.69) is 20.4 Å². The number of anilines is 1. The SMILES string of the molecule is Cc1ccc([N+](=O)[O-])cc1NC(=O)c1cccnc1-n1cncn1. The molecule has 1 aromatic carbocycles. The number of aromatic nitrogens is 4. The molecule has 2 heterocycles. The Hall–Kier alpha value is -3.62. The zero-order valence-electron chi connectivity index (χ0n) is 12.6. The second kappa shape index (κ2) is 6.24. The number of non-ortho nitro benzene ring substituents is 1. The van der Waals surface area contributed by atoms with Crippen LogP contribution in [0.4, 0.5) is 11.4 Å². The number of nitro benzene ring substituents is 1. The van der Waals surface area contributed by atoms with Gasteiger partial charge in [-0.15, -0.1) is 0 Å². The summed E-state index contributed by atoms with van der Waals surface area (Å²) in [5.74, 6) is -0.132. The van der Waals surface area contributed by atoms with Crippen LogP contribution < -0.4 is 5.32 Å². The number of hydrogen-bond donors (Lipinski definition) is 1. The molecule has 0 saturated heterocycles. The summed E-state index contributed by atoms with van der Waals surface area (Å²) in [6, 6.07) is 7.49. The van der Waals surface area contributed by atoms with Gasteiger partial charge in [-0.1, -0.05) is 6.07 Å². The molecule has 0 radical (unpaired) electrons. The van der Waals surface area contributed by atoms with Crippen LogP contribution in [0, 0.1) is 17.0 Å². The zero-order chi connectivity index (χ0) is 17.1. The molecule has 0 aliphatic rings. The molecule has 9 nitrogen and oxygen atoms in total. The second-order valence-electron chi connectivity index (χ2n) is 4.93. The number of aryl methyl sites for hydroxylation is 1. The van der Waals surface area contributed by atoms with Crippen LogP contribution in [0.2, 0.25) is 0 Å². The fraction of sp³-hybridized carbons (Fsp3) is 0.0667. The Bertz CT molecular complexity index is 907. The number of rotatable bonds is 4. The van der Waals surface area contributed by atoms with Crippen LogP contribution >= 0.6 is 0 Å². The van der Waals surface area contributed by atoms with Gasteiger partial charge in [0.25, 0.3) is 11.6 Å². The van der Waals surface area contributed by atoms with Crippen molar-refractivity contribution in [2.75, 3.05) is 5.32 Å². The molecule has 3 rings (SSSR count). The van der Waals surface area contributed by atoms with Crippen LogP contribution in [0.5, 0.6) is 0 Å². The molecule has 9 heteroatoms. The van der Waals surface area contributed by atoms with Crippen molar-refractivity contribution < 1.29 is 9.72 Å². The normalized spacial score (nSPS) is 10.4. The Labute approximate surface area is 136 Å². The predicted molar refractivity (Wildman–Crippen MR) is 84.9 cm³/mol. The van der Waals surface area contributed by atoms with Crippen molar-refractivity contribution in [2.24, 2.45) is 0 Å². The summed E-state index contributed by atoms with van der Waals surface area (Å²) >= 11 is 0. The minimum Gasteiger partial charge on any atom is -0.321 e.